The van der Waals surface area contributed by atoms with Crippen LogP contribution in [0.3, 0.4) is 0 Å². The lowest BCUT2D eigenvalue weighted by Gasteiger charge is -2.12. The highest BCUT2D eigenvalue weighted by atomic mass is 16.5. The summed E-state index contributed by atoms with van der Waals surface area (Å²) in [6.07, 6.45) is -0.0501. The second kappa shape index (κ2) is 9.48. The molecular formula is C24H28N2O4. The van der Waals surface area contributed by atoms with Crippen molar-refractivity contribution in [3.8, 4) is 34.0 Å². The molecule has 0 saturated carbocycles. The Morgan fingerprint density at radius 2 is 1.87 bits per heavy atom. The number of carboxylic acids is 1. The maximum absolute atomic E-state index is 11.2. The molecule has 1 aromatic heterocycles. The largest absolute Gasteiger partial charge is 0.496 e. The highest BCUT2D eigenvalue weighted by Gasteiger charge is 2.18. The molecule has 0 amide bonds. The number of ether oxygens (including phenoxy) is 2. The van der Waals surface area contributed by atoms with E-state index in [2.05, 4.69) is 13.8 Å². The van der Waals surface area contributed by atoms with Crippen LogP contribution in [0, 0.1) is 5.92 Å². The van der Waals surface area contributed by atoms with Crippen LogP contribution >= 0.6 is 0 Å². The lowest BCUT2D eigenvalue weighted by atomic mass is 10.0. The summed E-state index contributed by atoms with van der Waals surface area (Å²) in [5.41, 5.74) is 4.14. The topological polar surface area (TPSA) is 73.6 Å². The van der Waals surface area contributed by atoms with E-state index >= 15 is 0 Å². The molecule has 158 valence electrons. The number of benzene rings is 2. The van der Waals surface area contributed by atoms with Gasteiger partial charge in [-0.15, -0.1) is 0 Å². The molecule has 0 aliphatic heterocycles. The molecule has 6 nitrogen and oxygen atoms in total. The Labute approximate surface area is 177 Å². The lowest BCUT2D eigenvalue weighted by molar-refractivity contribution is -0.136. The highest BCUT2D eigenvalue weighted by Crippen LogP contribution is 2.36. The van der Waals surface area contributed by atoms with Gasteiger partial charge in [-0.25, -0.2) is 0 Å². The smallest absolute Gasteiger partial charge is 0.307 e. The van der Waals surface area contributed by atoms with Crippen molar-refractivity contribution in [3.05, 3.63) is 54.1 Å². The molecule has 0 unspecified atom stereocenters. The molecule has 1 heterocycles. The van der Waals surface area contributed by atoms with Crippen molar-refractivity contribution in [2.75, 3.05) is 13.7 Å². The van der Waals surface area contributed by atoms with Crippen LogP contribution in [0.1, 0.15) is 26.3 Å². The Balaban J connectivity index is 2.17. The second-order valence-corrected chi connectivity index (χ2v) is 7.53. The molecule has 30 heavy (non-hydrogen) atoms. The first kappa shape index (κ1) is 21.4. The van der Waals surface area contributed by atoms with Gasteiger partial charge in [0.05, 0.1) is 31.5 Å². The maximum atomic E-state index is 11.2. The van der Waals surface area contributed by atoms with Gasteiger partial charge in [-0.3, -0.25) is 9.48 Å². The minimum absolute atomic E-state index is 0.0501. The first-order valence-corrected chi connectivity index (χ1v) is 10.1. The van der Waals surface area contributed by atoms with E-state index in [4.69, 9.17) is 14.6 Å². The van der Waals surface area contributed by atoms with E-state index in [0.29, 0.717) is 23.8 Å². The number of rotatable bonds is 9. The van der Waals surface area contributed by atoms with E-state index in [1.54, 1.807) is 13.2 Å². The fourth-order valence-electron chi connectivity index (χ4n) is 3.45. The van der Waals surface area contributed by atoms with E-state index in [0.717, 1.165) is 34.8 Å². The fraction of sp³-hybridized carbons (Fsp3) is 0.333. The van der Waals surface area contributed by atoms with Crippen molar-refractivity contribution in [2.45, 2.75) is 33.7 Å². The lowest BCUT2D eigenvalue weighted by Crippen LogP contribution is -2.08. The van der Waals surface area contributed by atoms with Crippen LogP contribution in [0.15, 0.2) is 48.5 Å². The van der Waals surface area contributed by atoms with Crippen LogP contribution in [0.2, 0.25) is 0 Å². The SMILES string of the molecule is CCOc1ccc(CC(=O)O)cc1-c1cc(-c2ccccc2OC)n(CC(C)C)n1. The average molecular weight is 408 g/mol. The molecule has 0 aliphatic rings. The van der Waals surface area contributed by atoms with Gasteiger partial charge >= 0.3 is 5.97 Å². The fourth-order valence-corrected chi connectivity index (χ4v) is 3.45. The standard InChI is InChI=1S/C24H28N2O4/c1-5-30-23-11-10-17(13-24(27)28)12-19(23)20-14-21(26(25-20)15-16(2)3)18-8-6-7-9-22(18)29-4/h6-12,14,16H,5,13,15H2,1-4H3,(H,27,28). The molecule has 0 spiro atoms. The molecule has 0 atom stereocenters. The summed E-state index contributed by atoms with van der Waals surface area (Å²) < 4.78 is 13.4. The third-order valence-electron chi connectivity index (χ3n) is 4.68. The summed E-state index contributed by atoms with van der Waals surface area (Å²) in [5.74, 6) is 0.993. The Morgan fingerprint density at radius 1 is 1.10 bits per heavy atom. The number of carboxylic acid groups (broad SMARTS) is 1. The zero-order chi connectivity index (χ0) is 21.7. The van der Waals surface area contributed by atoms with Crippen molar-refractivity contribution in [1.29, 1.82) is 0 Å². The molecule has 0 saturated heterocycles. The zero-order valence-electron chi connectivity index (χ0n) is 17.9. The summed E-state index contributed by atoms with van der Waals surface area (Å²) in [6, 6.07) is 15.3. The predicted molar refractivity (Wildman–Crippen MR) is 117 cm³/mol. The van der Waals surface area contributed by atoms with E-state index in [-0.39, 0.29) is 6.42 Å². The number of hydrogen-bond donors (Lipinski definition) is 1. The van der Waals surface area contributed by atoms with Crippen LogP contribution < -0.4 is 9.47 Å². The molecule has 3 rings (SSSR count). The van der Waals surface area contributed by atoms with Crippen LogP contribution in [0.5, 0.6) is 11.5 Å². The van der Waals surface area contributed by atoms with Crippen molar-refractivity contribution in [2.24, 2.45) is 5.92 Å². The molecule has 0 bridgehead atoms. The number of aromatic nitrogens is 2. The Morgan fingerprint density at radius 3 is 2.53 bits per heavy atom. The van der Waals surface area contributed by atoms with Gasteiger partial charge in [-0.05, 0) is 48.7 Å². The van der Waals surface area contributed by atoms with Crippen molar-refractivity contribution in [1.82, 2.24) is 9.78 Å². The van der Waals surface area contributed by atoms with Gasteiger partial charge in [-0.1, -0.05) is 32.0 Å². The van der Waals surface area contributed by atoms with Gasteiger partial charge in [0.2, 0.25) is 0 Å². The van der Waals surface area contributed by atoms with Gasteiger partial charge in [0.1, 0.15) is 11.5 Å². The van der Waals surface area contributed by atoms with E-state index in [1.165, 1.54) is 0 Å². The summed E-state index contributed by atoms with van der Waals surface area (Å²) >= 11 is 0. The van der Waals surface area contributed by atoms with Crippen LogP contribution in [0.4, 0.5) is 0 Å². The quantitative estimate of drug-likeness (QED) is 0.545. The van der Waals surface area contributed by atoms with E-state index < -0.39 is 5.97 Å². The molecule has 3 aromatic rings. The average Bonchev–Trinajstić information content (AvgIpc) is 3.11. The molecule has 0 radical (unpaired) electrons. The van der Waals surface area contributed by atoms with Gasteiger partial charge < -0.3 is 14.6 Å². The Bertz CT molecular complexity index is 1020. The summed E-state index contributed by atoms with van der Waals surface area (Å²) in [6.45, 7) is 7.47. The number of aliphatic carboxylic acids is 1. The third-order valence-corrected chi connectivity index (χ3v) is 4.68. The molecule has 6 heteroatoms. The van der Waals surface area contributed by atoms with Gasteiger partial charge in [0.25, 0.3) is 0 Å². The third kappa shape index (κ3) is 4.82. The second-order valence-electron chi connectivity index (χ2n) is 7.53. The molecular weight excluding hydrogens is 380 g/mol. The Kier molecular flexibility index (Phi) is 6.77. The van der Waals surface area contributed by atoms with E-state index in [1.807, 2.05) is 54.1 Å². The first-order chi connectivity index (χ1) is 14.4. The van der Waals surface area contributed by atoms with Crippen molar-refractivity contribution >= 4 is 5.97 Å². The van der Waals surface area contributed by atoms with Crippen molar-refractivity contribution in [3.63, 3.8) is 0 Å². The summed E-state index contributed by atoms with van der Waals surface area (Å²) in [4.78, 5) is 11.2. The normalized spacial score (nSPS) is 11.0. The number of carbonyl (C=O) groups is 1. The van der Waals surface area contributed by atoms with Crippen LogP contribution in [-0.2, 0) is 17.8 Å². The van der Waals surface area contributed by atoms with Gasteiger partial charge in [0, 0.05) is 17.7 Å². The first-order valence-electron chi connectivity index (χ1n) is 10.1. The molecule has 1 N–H and O–H groups in total. The van der Waals surface area contributed by atoms with Gasteiger partial charge in [-0.2, -0.15) is 5.10 Å². The highest BCUT2D eigenvalue weighted by molar-refractivity contribution is 5.77. The number of para-hydroxylation sites is 1. The van der Waals surface area contributed by atoms with Crippen LogP contribution in [-0.4, -0.2) is 34.6 Å². The predicted octanol–water partition coefficient (Wildman–Crippen LogP) is 4.91. The minimum atomic E-state index is -0.870. The maximum Gasteiger partial charge on any atom is 0.307 e. The number of hydrogen-bond acceptors (Lipinski definition) is 4. The molecule has 0 fully saturated rings. The number of methoxy groups -OCH3 is 1. The Hall–Kier alpha value is -3.28. The van der Waals surface area contributed by atoms with Crippen molar-refractivity contribution < 1.29 is 19.4 Å². The summed E-state index contributed by atoms with van der Waals surface area (Å²) in [5, 5.41) is 14.1. The monoisotopic (exact) mass is 408 g/mol. The summed E-state index contributed by atoms with van der Waals surface area (Å²) in [7, 11) is 1.66. The molecule has 0 aliphatic carbocycles. The zero-order valence-corrected chi connectivity index (χ0v) is 17.9. The number of nitrogens with zero attached hydrogens (tertiary/aromatic N) is 2. The van der Waals surface area contributed by atoms with E-state index in [9.17, 15) is 9.90 Å². The molecule has 2 aromatic carbocycles. The van der Waals surface area contributed by atoms with Gasteiger partial charge in [0.15, 0.2) is 0 Å². The minimum Gasteiger partial charge on any atom is -0.496 e. The van der Waals surface area contributed by atoms with Crippen LogP contribution in [0.25, 0.3) is 22.5 Å².